The van der Waals surface area contributed by atoms with Crippen LogP contribution in [-0.4, -0.2) is 76.6 Å². The van der Waals surface area contributed by atoms with E-state index >= 15 is 0 Å². The highest BCUT2D eigenvalue weighted by Gasteiger charge is 2.25. The maximum absolute atomic E-state index is 12.1. The van der Waals surface area contributed by atoms with E-state index in [9.17, 15) is 24.0 Å². The van der Waals surface area contributed by atoms with Gasteiger partial charge in [-0.3, -0.25) is 24.0 Å². The summed E-state index contributed by atoms with van der Waals surface area (Å²) in [5, 5.41) is 24.3. The van der Waals surface area contributed by atoms with Gasteiger partial charge in [0, 0.05) is 6.42 Å². The normalized spacial score (nSPS) is 13.7. The summed E-state index contributed by atoms with van der Waals surface area (Å²) in [6.07, 6.45) is 1.66. The average Bonchev–Trinajstić information content (AvgIpc) is 2.60. The number of carboxylic acid groups (broad SMARTS) is 2. The number of thioether (sulfide) groups is 1. The maximum atomic E-state index is 12.1. The molecule has 0 aliphatic rings. The van der Waals surface area contributed by atoms with Gasteiger partial charge in [0.2, 0.25) is 17.7 Å². The second-order valence-electron chi connectivity index (χ2n) is 5.73. The van der Waals surface area contributed by atoms with Crippen molar-refractivity contribution < 1.29 is 34.2 Å². The lowest BCUT2D eigenvalue weighted by atomic mass is 10.1. The number of hydrogen-bond donors (Lipinski definition) is 6. The molecule has 27 heavy (non-hydrogen) atoms. The molecule has 12 heteroatoms. The third-order valence-corrected chi connectivity index (χ3v) is 4.06. The van der Waals surface area contributed by atoms with Crippen LogP contribution in [0.15, 0.2) is 0 Å². The average molecular weight is 406 g/mol. The van der Waals surface area contributed by atoms with Crippen molar-refractivity contribution in [1.29, 1.82) is 0 Å². The lowest BCUT2D eigenvalue weighted by molar-refractivity contribution is -0.142. The Labute approximate surface area is 160 Å². The Morgan fingerprint density at radius 3 is 2.19 bits per heavy atom. The Bertz CT molecular complexity index is 558. The minimum absolute atomic E-state index is 0.236. The molecular formula is C15H26N4O7S. The third kappa shape index (κ3) is 11.1. The number of nitrogens with one attached hydrogen (secondary N) is 3. The molecule has 0 heterocycles. The molecule has 0 bridgehead atoms. The van der Waals surface area contributed by atoms with Gasteiger partial charge in [-0.2, -0.15) is 11.8 Å². The molecular weight excluding hydrogens is 380 g/mol. The quantitative estimate of drug-likeness (QED) is 0.203. The summed E-state index contributed by atoms with van der Waals surface area (Å²) >= 11 is 1.52. The molecule has 0 aromatic rings. The number of rotatable bonds is 13. The molecule has 0 radical (unpaired) electrons. The van der Waals surface area contributed by atoms with Crippen molar-refractivity contribution in [2.75, 3.05) is 18.6 Å². The molecule has 0 rings (SSSR count). The van der Waals surface area contributed by atoms with Gasteiger partial charge >= 0.3 is 11.9 Å². The van der Waals surface area contributed by atoms with Crippen LogP contribution in [0.25, 0.3) is 0 Å². The molecule has 154 valence electrons. The summed E-state index contributed by atoms with van der Waals surface area (Å²) in [5.74, 6) is -3.86. The number of aliphatic carboxylic acids is 2. The van der Waals surface area contributed by atoms with E-state index in [1.165, 1.54) is 18.7 Å². The molecule has 0 saturated carbocycles. The zero-order valence-electron chi connectivity index (χ0n) is 15.2. The molecule has 0 aromatic heterocycles. The second-order valence-corrected chi connectivity index (χ2v) is 6.71. The lowest BCUT2D eigenvalue weighted by Crippen LogP contribution is -2.53. The van der Waals surface area contributed by atoms with Crippen molar-refractivity contribution >= 4 is 41.4 Å². The molecule has 3 unspecified atom stereocenters. The summed E-state index contributed by atoms with van der Waals surface area (Å²) in [6, 6.07) is -3.24. The van der Waals surface area contributed by atoms with Gasteiger partial charge in [-0.05, 0) is 31.8 Å². The van der Waals surface area contributed by atoms with E-state index < -0.39 is 60.8 Å². The van der Waals surface area contributed by atoms with Gasteiger partial charge < -0.3 is 31.9 Å². The Morgan fingerprint density at radius 2 is 1.67 bits per heavy atom. The highest BCUT2D eigenvalue weighted by molar-refractivity contribution is 7.98. The molecule has 3 amide bonds. The standard InChI is InChI=1S/C15H26N4O7S/c1-8(15(25)26)18-14(24)10(3-4-12(21)22)19-11(20)7-17-13(23)9(16)5-6-27-2/h8-10H,3-7,16H2,1-2H3,(H,17,23)(H,18,24)(H,19,20)(H,21,22)(H,25,26). The smallest absolute Gasteiger partial charge is 0.325 e. The van der Waals surface area contributed by atoms with E-state index in [4.69, 9.17) is 15.9 Å². The molecule has 0 fully saturated rings. The first kappa shape index (κ1) is 24.7. The van der Waals surface area contributed by atoms with Crippen LogP contribution >= 0.6 is 11.8 Å². The Morgan fingerprint density at radius 1 is 1.04 bits per heavy atom. The molecule has 0 saturated heterocycles. The van der Waals surface area contributed by atoms with E-state index in [1.54, 1.807) is 0 Å². The van der Waals surface area contributed by atoms with Gasteiger partial charge in [0.15, 0.2) is 0 Å². The van der Waals surface area contributed by atoms with Gasteiger partial charge in [0.05, 0.1) is 12.6 Å². The highest BCUT2D eigenvalue weighted by atomic mass is 32.2. The van der Waals surface area contributed by atoms with E-state index in [1.807, 2.05) is 6.26 Å². The maximum Gasteiger partial charge on any atom is 0.325 e. The topological polar surface area (TPSA) is 188 Å². The number of carboxylic acids is 2. The predicted molar refractivity (Wildman–Crippen MR) is 98.0 cm³/mol. The van der Waals surface area contributed by atoms with Crippen molar-refractivity contribution in [3.63, 3.8) is 0 Å². The largest absolute Gasteiger partial charge is 0.481 e. The van der Waals surface area contributed by atoms with Crippen LogP contribution in [0.5, 0.6) is 0 Å². The number of nitrogens with two attached hydrogens (primary N) is 1. The summed E-state index contributed by atoms with van der Waals surface area (Å²) in [5.41, 5.74) is 5.66. The molecule has 11 nitrogen and oxygen atoms in total. The molecule has 3 atom stereocenters. The zero-order chi connectivity index (χ0) is 21.0. The summed E-state index contributed by atoms with van der Waals surface area (Å²) in [6.45, 7) is 0.781. The van der Waals surface area contributed by atoms with E-state index in [0.29, 0.717) is 12.2 Å². The van der Waals surface area contributed by atoms with Crippen LogP contribution < -0.4 is 21.7 Å². The highest BCUT2D eigenvalue weighted by Crippen LogP contribution is 2.00. The fourth-order valence-corrected chi connectivity index (χ4v) is 2.32. The molecule has 0 aliphatic carbocycles. The first-order valence-corrected chi connectivity index (χ1v) is 9.54. The van der Waals surface area contributed by atoms with Crippen LogP contribution in [0.3, 0.4) is 0 Å². The van der Waals surface area contributed by atoms with Gasteiger partial charge in [-0.1, -0.05) is 0 Å². The van der Waals surface area contributed by atoms with Gasteiger partial charge in [-0.25, -0.2) is 0 Å². The van der Waals surface area contributed by atoms with Crippen molar-refractivity contribution in [2.45, 2.75) is 44.3 Å². The summed E-state index contributed by atoms with van der Waals surface area (Å²) in [4.78, 5) is 57.3. The van der Waals surface area contributed by atoms with Crippen molar-refractivity contribution in [3.8, 4) is 0 Å². The molecule has 0 aromatic carbocycles. The number of carbonyl (C=O) groups excluding carboxylic acids is 3. The van der Waals surface area contributed by atoms with E-state index in [-0.39, 0.29) is 6.42 Å². The van der Waals surface area contributed by atoms with Crippen LogP contribution in [0.4, 0.5) is 0 Å². The Hall–Kier alpha value is -2.34. The fourth-order valence-electron chi connectivity index (χ4n) is 1.83. The van der Waals surface area contributed by atoms with Gasteiger partial charge in [-0.15, -0.1) is 0 Å². The van der Waals surface area contributed by atoms with E-state index in [2.05, 4.69) is 16.0 Å². The molecule has 7 N–H and O–H groups in total. The summed E-state index contributed by atoms with van der Waals surface area (Å²) < 4.78 is 0. The molecule has 0 spiro atoms. The predicted octanol–water partition coefficient (Wildman–Crippen LogP) is -1.88. The third-order valence-electron chi connectivity index (χ3n) is 3.42. The van der Waals surface area contributed by atoms with Crippen LogP contribution in [0.1, 0.15) is 26.2 Å². The fraction of sp³-hybridized carbons (Fsp3) is 0.667. The van der Waals surface area contributed by atoms with Crippen molar-refractivity contribution in [2.24, 2.45) is 5.73 Å². The number of hydrogen-bond acceptors (Lipinski definition) is 7. The SMILES string of the molecule is CSCCC(N)C(=O)NCC(=O)NC(CCC(=O)O)C(=O)NC(C)C(=O)O. The second kappa shape index (κ2) is 12.9. The monoisotopic (exact) mass is 406 g/mol. The molecule has 0 aliphatic heterocycles. The summed E-state index contributed by atoms with van der Waals surface area (Å²) in [7, 11) is 0. The van der Waals surface area contributed by atoms with Crippen LogP contribution in [0.2, 0.25) is 0 Å². The Kier molecular flexibility index (Phi) is 11.8. The minimum Gasteiger partial charge on any atom is -0.481 e. The first-order valence-electron chi connectivity index (χ1n) is 8.15. The minimum atomic E-state index is -1.28. The Balaban J connectivity index is 4.68. The van der Waals surface area contributed by atoms with Gasteiger partial charge in [0.25, 0.3) is 0 Å². The zero-order valence-corrected chi connectivity index (χ0v) is 16.0. The van der Waals surface area contributed by atoms with Gasteiger partial charge in [0.1, 0.15) is 12.1 Å². The van der Waals surface area contributed by atoms with Crippen LogP contribution in [-0.2, 0) is 24.0 Å². The first-order chi connectivity index (χ1) is 12.6. The number of carbonyl (C=O) groups is 5. The lowest BCUT2D eigenvalue weighted by Gasteiger charge is -2.20. The van der Waals surface area contributed by atoms with Crippen molar-refractivity contribution in [1.82, 2.24) is 16.0 Å². The van der Waals surface area contributed by atoms with Crippen LogP contribution in [0, 0.1) is 0 Å². The number of amides is 3. The van der Waals surface area contributed by atoms with E-state index in [0.717, 1.165) is 0 Å². The van der Waals surface area contributed by atoms with Crippen molar-refractivity contribution in [3.05, 3.63) is 0 Å².